The minimum absolute atomic E-state index is 0.00599. The van der Waals surface area contributed by atoms with Gasteiger partial charge in [-0.3, -0.25) is 14.5 Å². The third kappa shape index (κ3) is 8.05. The summed E-state index contributed by atoms with van der Waals surface area (Å²) in [5, 5.41) is 9.36. The van der Waals surface area contributed by atoms with Crippen molar-refractivity contribution in [3.63, 3.8) is 0 Å². The first-order valence-electron chi connectivity index (χ1n) is 12.9. The van der Waals surface area contributed by atoms with Gasteiger partial charge in [0.1, 0.15) is 12.4 Å². The van der Waals surface area contributed by atoms with E-state index in [1.807, 2.05) is 36.4 Å². The van der Waals surface area contributed by atoms with Crippen molar-refractivity contribution in [3.05, 3.63) is 77.5 Å². The van der Waals surface area contributed by atoms with E-state index in [9.17, 15) is 18.3 Å². The SMILES string of the molecule is CC(C)(C)Cc1cc(OCc2cccc(C(CC(=O)O)C3CC3)c2)cnc1-c1cccc(NS(C)(=O)=O)c1. The number of carboxylic acid groups (broad SMARTS) is 1. The number of aromatic nitrogens is 1. The Bertz CT molecular complexity index is 1410. The number of rotatable bonds is 11. The first-order valence-corrected chi connectivity index (χ1v) is 14.8. The molecule has 38 heavy (non-hydrogen) atoms. The molecule has 1 saturated carbocycles. The second-order valence-corrected chi connectivity index (χ2v) is 13.2. The number of hydrogen-bond donors (Lipinski definition) is 2. The number of nitrogens with one attached hydrogen (secondary N) is 1. The molecule has 8 heteroatoms. The van der Waals surface area contributed by atoms with Gasteiger partial charge in [-0.2, -0.15) is 0 Å². The van der Waals surface area contributed by atoms with Crippen LogP contribution in [-0.4, -0.2) is 30.7 Å². The second-order valence-electron chi connectivity index (χ2n) is 11.4. The lowest BCUT2D eigenvalue weighted by molar-refractivity contribution is -0.137. The molecule has 1 aliphatic carbocycles. The number of anilines is 1. The molecule has 4 rings (SSSR count). The van der Waals surface area contributed by atoms with E-state index in [0.717, 1.165) is 53.5 Å². The molecule has 202 valence electrons. The first kappa shape index (κ1) is 27.6. The van der Waals surface area contributed by atoms with Gasteiger partial charge in [-0.15, -0.1) is 0 Å². The lowest BCUT2D eigenvalue weighted by Gasteiger charge is -2.21. The minimum Gasteiger partial charge on any atom is -0.487 e. The van der Waals surface area contributed by atoms with Crippen LogP contribution in [0.25, 0.3) is 11.3 Å². The molecular formula is C30H36N2O5S. The highest BCUT2D eigenvalue weighted by Crippen LogP contribution is 2.44. The molecule has 0 bridgehead atoms. The molecule has 0 aliphatic heterocycles. The average molecular weight is 537 g/mol. The van der Waals surface area contributed by atoms with E-state index in [1.54, 1.807) is 18.3 Å². The topological polar surface area (TPSA) is 106 Å². The van der Waals surface area contributed by atoms with Gasteiger partial charge in [0, 0.05) is 11.3 Å². The van der Waals surface area contributed by atoms with E-state index in [-0.39, 0.29) is 17.8 Å². The zero-order valence-electron chi connectivity index (χ0n) is 22.4. The highest BCUT2D eigenvalue weighted by Gasteiger charge is 2.33. The van der Waals surface area contributed by atoms with Gasteiger partial charge in [0.2, 0.25) is 10.0 Å². The molecule has 7 nitrogen and oxygen atoms in total. The monoisotopic (exact) mass is 536 g/mol. The summed E-state index contributed by atoms with van der Waals surface area (Å²) in [6.07, 6.45) is 5.89. The van der Waals surface area contributed by atoms with Crippen LogP contribution in [0.1, 0.15) is 62.6 Å². The van der Waals surface area contributed by atoms with Gasteiger partial charge in [-0.05, 0) is 71.4 Å². The molecular weight excluding hydrogens is 500 g/mol. The molecule has 1 aliphatic rings. The maximum Gasteiger partial charge on any atom is 0.303 e. The Hall–Kier alpha value is -3.39. The van der Waals surface area contributed by atoms with Crippen LogP contribution < -0.4 is 9.46 Å². The summed E-state index contributed by atoms with van der Waals surface area (Å²) < 4.78 is 32.1. The van der Waals surface area contributed by atoms with E-state index in [1.165, 1.54) is 0 Å². The normalized spacial score (nSPS) is 14.6. The third-order valence-electron chi connectivity index (χ3n) is 6.47. The maximum absolute atomic E-state index is 11.7. The van der Waals surface area contributed by atoms with Crippen molar-refractivity contribution in [1.82, 2.24) is 4.98 Å². The fraction of sp³-hybridized carbons (Fsp3) is 0.400. The molecule has 1 fully saturated rings. The van der Waals surface area contributed by atoms with Crippen LogP contribution in [0.5, 0.6) is 5.75 Å². The Morgan fingerprint density at radius 2 is 1.87 bits per heavy atom. The Morgan fingerprint density at radius 1 is 1.13 bits per heavy atom. The van der Waals surface area contributed by atoms with E-state index in [4.69, 9.17) is 9.72 Å². The summed E-state index contributed by atoms with van der Waals surface area (Å²) in [6.45, 7) is 6.82. The summed E-state index contributed by atoms with van der Waals surface area (Å²) >= 11 is 0. The highest BCUT2D eigenvalue weighted by molar-refractivity contribution is 7.92. The van der Waals surface area contributed by atoms with Crippen molar-refractivity contribution in [3.8, 4) is 17.0 Å². The van der Waals surface area contributed by atoms with E-state index < -0.39 is 16.0 Å². The lowest BCUT2D eigenvalue weighted by atomic mass is 9.86. The maximum atomic E-state index is 11.7. The fourth-order valence-corrected chi connectivity index (χ4v) is 5.36. The van der Waals surface area contributed by atoms with Crippen molar-refractivity contribution < 1.29 is 23.1 Å². The van der Waals surface area contributed by atoms with Crippen molar-refractivity contribution in [2.24, 2.45) is 11.3 Å². The van der Waals surface area contributed by atoms with E-state index in [0.29, 0.717) is 24.0 Å². The predicted molar refractivity (Wildman–Crippen MR) is 150 cm³/mol. The largest absolute Gasteiger partial charge is 0.487 e. The van der Waals surface area contributed by atoms with Crippen LogP contribution in [0, 0.1) is 11.3 Å². The Kier molecular flexibility index (Phi) is 8.11. The van der Waals surface area contributed by atoms with Gasteiger partial charge in [0.05, 0.1) is 24.6 Å². The van der Waals surface area contributed by atoms with Gasteiger partial charge >= 0.3 is 5.97 Å². The number of carboxylic acids is 1. The second kappa shape index (κ2) is 11.2. The van der Waals surface area contributed by atoms with Crippen LogP contribution >= 0.6 is 0 Å². The van der Waals surface area contributed by atoms with Gasteiger partial charge < -0.3 is 9.84 Å². The van der Waals surface area contributed by atoms with Gasteiger partial charge in [0.15, 0.2) is 0 Å². The Balaban J connectivity index is 1.56. The van der Waals surface area contributed by atoms with Crippen LogP contribution in [0.4, 0.5) is 5.69 Å². The molecule has 1 heterocycles. The van der Waals surface area contributed by atoms with Gasteiger partial charge in [-0.25, -0.2) is 8.42 Å². The molecule has 0 saturated heterocycles. The standard InChI is InChI=1S/C30H36N2O5S/c1-30(2,3)17-24-15-26(18-31-29(24)23-9-6-10-25(14-23)32-38(4,35)36)37-19-20-7-5-8-22(13-20)27(16-28(33)34)21-11-12-21/h5-10,13-15,18,21,27,32H,11-12,16-17,19H2,1-4H3,(H,33,34). The average Bonchev–Trinajstić information content (AvgIpc) is 3.65. The predicted octanol–water partition coefficient (Wildman–Crippen LogP) is 6.26. The van der Waals surface area contributed by atoms with Crippen molar-refractivity contribution in [1.29, 1.82) is 0 Å². The minimum atomic E-state index is -3.39. The number of sulfonamides is 1. The van der Waals surface area contributed by atoms with Crippen molar-refractivity contribution in [2.75, 3.05) is 11.0 Å². The summed E-state index contributed by atoms with van der Waals surface area (Å²) in [5.41, 5.74) is 5.14. The smallest absolute Gasteiger partial charge is 0.303 e. The third-order valence-corrected chi connectivity index (χ3v) is 7.08. The molecule has 0 radical (unpaired) electrons. The van der Waals surface area contributed by atoms with Crippen LogP contribution in [0.15, 0.2) is 60.8 Å². The van der Waals surface area contributed by atoms with Crippen LogP contribution in [0.2, 0.25) is 0 Å². The summed E-state index contributed by atoms with van der Waals surface area (Å²) in [5.74, 6) is 0.372. The number of hydrogen-bond acceptors (Lipinski definition) is 5. The number of benzene rings is 2. The van der Waals surface area contributed by atoms with Crippen LogP contribution in [-0.2, 0) is 27.8 Å². The molecule has 0 spiro atoms. The first-order chi connectivity index (χ1) is 17.9. The van der Waals surface area contributed by atoms with Crippen molar-refractivity contribution >= 4 is 21.7 Å². The zero-order valence-corrected chi connectivity index (χ0v) is 23.2. The summed E-state index contributed by atoms with van der Waals surface area (Å²) in [7, 11) is -3.39. The molecule has 2 N–H and O–H groups in total. The molecule has 2 aromatic carbocycles. The number of nitrogens with zero attached hydrogens (tertiary/aromatic N) is 1. The number of ether oxygens (including phenoxy) is 1. The zero-order chi connectivity index (χ0) is 27.5. The number of pyridine rings is 1. The fourth-order valence-electron chi connectivity index (χ4n) is 4.80. The summed E-state index contributed by atoms with van der Waals surface area (Å²) in [4.78, 5) is 16.1. The molecule has 0 amide bonds. The molecule has 3 aromatic rings. The molecule has 1 atom stereocenters. The quantitative estimate of drug-likeness (QED) is 0.300. The Labute approximate surface area is 225 Å². The molecule has 1 unspecified atom stereocenters. The van der Waals surface area contributed by atoms with E-state index >= 15 is 0 Å². The van der Waals surface area contributed by atoms with Crippen molar-refractivity contribution in [2.45, 2.75) is 59.0 Å². The number of carbonyl (C=O) groups is 1. The highest BCUT2D eigenvalue weighted by atomic mass is 32.2. The van der Waals surface area contributed by atoms with Crippen LogP contribution in [0.3, 0.4) is 0 Å². The molecule has 1 aromatic heterocycles. The van der Waals surface area contributed by atoms with Gasteiger partial charge in [0.25, 0.3) is 0 Å². The summed E-state index contributed by atoms with van der Waals surface area (Å²) in [6, 6.07) is 17.3. The Morgan fingerprint density at radius 3 is 2.53 bits per heavy atom. The van der Waals surface area contributed by atoms with Gasteiger partial charge in [-0.1, -0.05) is 57.2 Å². The van der Waals surface area contributed by atoms with E-state index in [2.05, 4.69) is 31.6 Å². The number of aliphatic carboxylic acids is 1. The lowest BCUT2D eigenvalue weighted by Crippen LogP contribution is -2.12.